The summed E-state index contributed by atoms with van der Waals surface area (Å²) in [5.41, 5.74) is -0.199. The zero-order valence-corrected chi connectivity index (χ0v) is 12.6. The second-order valence-electron chi connectivity index (χ2n) is 3.70. The molecule has 5 nitrogen and oxygen atoms in total. The Bertz CT molecular complexity index is 512. The van der Waals surface area contributed by atoms with E-state index < -0.39 is 16.7 Å². The molecular formula is C11H11BrFNO4S. The minimum atomic E-state index is -0.586. The SMILES string of the molecule is COC(=O)CC(C)Sc1cc(F)c(Br)cc1[N+](=O)[O-]. The molecule has 1 rings (SSSR count). The summed E-state index contributed by atoms with van der Waals surface area (Å²) in [6.45, 7) is 1.71. The monoisotopic (exact) mass is 351 g/mol. The van der Waals surface area contributed by atoms with Crippen LogP contribution in [0.3, 0.4) is 0 Å². The predicted molar refractivity (Wildman–Crippen MR) is 72.7 cm³/mol. The van der Waals surface area contributed by atoms with E-state index in [0.29, 0.717) is 0 Å². The Hall–Kier alpha value is -1.15. The van der Waals surface area contributed by atoms with Crippen LogP contribution in [-0.2, 0) is 9.53 Å². The number of esters is 1. The summed E-state index contributed by atoms with van der Waals surface area (Å²) < 4.78 is 18.0. The first-order valence-corrected chi connectivity index (χ1v) is 6.89. The van der Waals surface area contributed by atoms with Gasteiger partial charge in [0.05, 0.1) is 27.8 Å². The van der Waals surface area contributed by atoms with Gasteiger partial charge in [0.15, 0.2) is 0 Å². The van der Waals surface area contributed by atoms with Gasteiger partial charge in [-0.15, -0.1) is 11.8 Å². The van der Waals surface area contributed by atoms with Crippen LogP contribution in [0, 0.1) is 15.9 Å². The molecule has 0 N–H and O–H groups in total. The van der Waals surface area contributed by atoms with Crippen molar-refractivity contribution in [2.75, 3.05) is 7.11 Å². The van der Waals surface area contributed by atoms with Gasteiger partial charge in [-0.05, 0) is 22.0 Å². The summed E-state index contributed by atoms with van der Waals surface area (Å²) in [5, 5.41) is 10.6. The van der Waals surface area contributed by atoms with E-state index in [9.17, 15) is 19.3 Å². The smallest absolute Gasteiger partial charge is 0.306 e. The standard InChI is InChI=1S/C11H11BrFNO4S/c1-6(3-11(15)18-2)19-10-5-8(13)7(12)4-9(10)14(16)17/h4-6H,3H2,1-2H3. The van der Waals surface area contributed by atoms with Crippen molar-refractivity contribution in [3.63, 3.8) is 0 Å². The minimum absolute atomic E-state index is 0.0316. The molecule has 0 amide bonds. The molecule has 0 saturated heterocycles. The van der Waals surface area contributed by atoms with E-state index in [2.05, 4.69) is 20.7 Å². The van der Waals surface area contributed by atoms with Crippen LogP contribution in [-0.4, -0.2) is 23.3 Å². The minimum Gasteiger partial charge on any atom is -0.469 e. The fraction of sp³-hybridized carbons (Fsp3) is 0.364. The lowest BCUT2D eigenvalue weighted by Crippen LogP contribution is -2.08. The molecule has 0 aliphatic heterocycles. The molecule has 0 radical (unpaired) electrons. The number of carbonyl (C=O) groups excluding carboxylic acids is 1. The van der Waals surface area contributed by atoms with Crippen LogP contribution in [0.1, 0.15) is 13.3 Å². The van der Waals surface area contributed by atoms with E-state index in [1.807, 2.05) is 0 Å². The van der Waals surface area contributed by atoms with E-state index in [1.54, 1.807) is 6.92 Å². The summed E-state index contributed by atoms with van der Waals surface area (Å²) in [7, 11) is 1.27. The molecule has 1 unspecified atom stereocenters. The highest BCUT2D eigenvalue weighted by molar-refractivity contribution is 9.10. The summed E-state index contributed by atoms with van der Waals surface area (Å²) in [4.78, 5) is 21.6. The summed E-state index contributed by atoms with van der Waals surface area (Å²) in [6.07, 6.45) is 0.0933. The van der Waals surface area contributed by atoms with Crippen LogP contribution in [0.5, 0.6) is 0 Å². The van der Waals surface area contributed by atoms with Crippen LogP contribution in [0.25, 0.3) is 0 Å². The Kier molecular flexibility index (Phi) is 5.74. The quantitative estimate of drug-likeness (QED) is 0.351. The van der Waals surface area contributed by atoms with Gasteiger partial charge in [0.2, 0.25) is 0 Å². The lowest BCUT2D eigenvalue weighted by Gasteiger charge is -2.10. The van der Waals surface area contributed by atoms with Crippen LogP contribution >= 0.6 is 27.7 Å². The largest absolute Gasteiger partial charge is 0.469 e. The first-order valence-electron chi connectivity index (χ1n) is 5.22. The number of rotatable bonds is 5. The zero-order chi connectivity index (χ0) is 14.6. The summed E-state index contributed by atoms with van der Waals surface area (Å²) >= 11 is 3.97. The normalized spacial score (nSPS) is 12.0. The molecule has 0 aliphatic rings. The van der Waals surface area contributed by atoms with Crippen LogP contribution in [0.4, 0.5) is 10.1 Å². The third-order valence-electron chi connectivity index (χ3n) is 2.21. The Morgan fingerprint density at radius 3 is 2.79 bits per heavy atom. The highest BCUT2D eigenvalue weighted by atomic mass is 79.9. The fourth-order valence-electron chi connectivity index (χ4n) is 1.33. The first kappa shape index (κ1) is 15.9. The van der Waals surface area contributed by atoms with Gasteiger partial charge in [0.1, 0.15) is 5.82 Å². The first-order chi connectivity index (χ1) is 8.85. The molecule has 1 atom stereocenters. The number of benzene rings is 1. The van der Waals surface area contributed by atoms with Gasteiger partial charge in [0.25, 0.3) is 5.69 Å². The maximum atomic E-state index is 13.4. The molecule has 104 valence electrons. The van der Waals surface area contributed by atoms with Gasteiger partial charge >= 0.3 is 5.97 Å². The Morgan fingerprint density at radius 2 is 2.26 bits per heavy atom. The number of halogens is 2. The maximum absolute atomic E-state index is 13.4. The average Bonchev–Trinajstić information content (AvgIpc) is 2.32. The van der Waals surface area contributed by atoms with Crippen molar-refractivity contribution in [3.05, 3.63) is 32.5 Å². The lowest BCUT2D eigenvalue weighted by atomic mass is 10.3. The average molecular weight is 352 g/mol. The fourth-order valence-corrected chi connectivity index (χ4v) is 2.74. The number of carbonyl (C=O) groups is 1. The molecule has 0 fully saturated rings. The van der Waals surface area contributed by atoms with Crippen molar-refractivity contribution in [1.82, 2.24) is 0 Å². The van der Waals surface area contributed by atoms with Gasteiger partial charge in [-0.3, -0.25) is 14.9 Å². The molecule has 0 spiro atoms. The van der Waals surface area contributed by atoms with Crippen molar-refractivity contribution < 1.29 is 18.8 Å². The molecule has 0 bridgehead atoms. The zero-order valence-electron chi connectivity index (χ0n) is 10.2. The third kappa shape index (κ3) is 4.46. The summed E-state index contributed by atoms with van der Waals surface area (Å²) in [5.74, 6) is -1.00. The molecule has 0 aromatic heterocycles. The second kappa shape index (κ2) is 6.85. The lowest BCUT2D eigenvalue weighted by molar-refractivity contribution is -0.387. The molecule has 1 aromatic rings. The van der Waals surface area contributed by atoms with E-state index in [1.165, 1.54) is 7.11 Å². The van der Waals surface area contributed by atoms with Crippen molar-refractivity contribution in [1.29, 1.82) is 0 Å². The van der Waals surface area contributed by atoms with Crippen molar-refractivity contribution in [3.8, 4) is 0 Å². The van der Waals surface area contributed by atoms with E-state index in [0.717, 1.165) is 23.9 Å². The Morgan fingerprint density at radius 1 is 1.63 bits per heavy atom. The number of nitrogens with zero attached hydrogens (tertiary/aromatic N) is 1. The highest BCUT2D eigenvalue weighted by Crippen LogP contribution is 2.36. The van der Waals surface area contributed by atoms with Crippen LogP contribution in [0.15, 0.2) is 21.5 Å². The van der Waals surface area contributed by atoms with Gasteiger partial charge in [0, 0.05) is 11.3 Å². The number of nitro groups is 1. The maximum Gasteiger partial charge on any atom is 0.306 e. The van der Waals surface area contributed by atoms with Crippen molar-refractivity contribution in [2.45, 2.75) is 23.5 Å². The molecule has 0 aliphatic carbocycles. The molecule has 8 heteroatoms. The van der Waals surface area contributed by atoms with Gasteiger partial charge < -0.3 is 4.74 Å². The van der Waals surface area contributed by atoms with E-state index in [-0.39, 0.29) is 26.7 Å². The number of thioether (sulfide) groups is 1. The number of hydrogen-bond acceptors (Lipinski definition) is 5. The number of methoxy groups -OCH3 is 1. The predicted octanol–water partition coefficient (Wildman–Crippen LogP) is 3.54. The number of nitro benzene ring substituents is 1. The molecule has 19 heavy (non-hydrogen) atoms. The molecule has 0 saturated carbocycles. The molecule has 0 heterocycles. The van der Waals surface area contributed by atoms with Gasteiger partial charge in [-0.1, -0.05) is 6.92 Å². The van der Waals surface area contributed by atoms with E-state index in [4.69, 9.17) is 0 Å². The Balaban J connectivity index is 2.96. The van der Waals surface area contributed by atoms with Crippen molar-refractivity contribution >= 4 is 39.3 Å². The van der Waals surface area contributed by atoms with Crippen LogP contribution in [0.2, 0.25) is 0 Å². The highest BCUT2D eigenvalue weighted by Gasteiger charge is 2.21. The molecule has 1 aromatic carbocycles. The number of hydrogen-bond donors (Lipinski definition) is 0. The summed E-state index contributed by atoms with van der Waals surface area (Å²) in [6, 6.07) is 2.20. The van der Waals surface area contributed by atoms with E-state index >= 15 is 0 Å². The van der Waals surface area contributed by atoms with Crippen molar-refractivity contribution in [2.24, 2.45) is 0 Å². The second-order valence-corrected chi connectivity index (χ2v) is 6.03. The van der Waals surface area contributed by atoms with Gasteiger partial charge in [-0.2, -0.15) is 0 Å². The third-order valence-corrected chi connectivity index (χ3v) is 3.97. The molecular weight excluding hydrogens is 341 g/mol. The van der Waals surface area contributed by atoms with Gasteiger partial charge in [-0.25, -0.2) is 4.39 Å². The van der Waals surface area contributed by atoms with Crippen LogP contribution < -0.4 is 0 Å². The Labute approximate surface area is 121 Å². The number of ether oxygens (including phenoxy) is 1. The topological polar surface area (TPSA) is 69.4 Å².